The van der Waals surface area contributed by atoms with E-state index in [9.17, 15) is 4.79 Å². The highest BCUT2D eigenvalue weighted by Gasteiger charge is 2.25. The summed E-state index contributed by atoms with van der Waals surface area (Å²) in [4.78, 5) is 13.8. The fraction of sp³-hybridized carbons (Fsp3) is 0.615. The molecule has 100 valence electrons. The predicted octanol–water partition coefficient (Wildman–Crippen LogP) is 1.68. The monoisotopic (exact) mass is 253 g/mol. The van der Waals surface area contributed by atoms with E-state index in [-0.39, 0.29) is 18.2 Å². The van der Waals surface area contributed by atoms with Gasteiger partial charge in [0.05, 0.1) is 32.1 Å². The second kappa shape index (κ2) is 5.54. The molecule has 0 amide bonds. The molecule has 1 aliphatic heterocycles. The number of hydrogen-bond donors (Lipinski definition) is 0. The van der Waals surface area contributed by atoms with Crippen molar-refractivity contribution >= 4 is 5.97 Å². The molecule has 1 aromatic rings. The number of esters is 1. The molecule has 0 radical (unpaired) electrons. The van der Waals surface area contributed by atoms with Crippen LogP contribution in [0, 0.1) is 0 Å². The lowest BCUT2D eigenvalue weighted by molar-refractivity contribution is -0.0718. The van der Waals surface area contributed by atoms with Crippen molar-refractivity contribution in [1.82, 2.24) is 4.90 Å². The molecule has 1 aliphatic rings. The Kier molecular flexibility index (Phi) is 4.04. The van der Waals surface area contributed by atoms with E-state index in [2.05, 4.69) is 4.90 Å². The average Bonchev–Trinajstić information content (AvgIpc) is 2.74. The summed E-state index contributed by atoms with van der Waals surface area (Å²) in [5, 5.41) is 0. The molecule has 18 heavy (non-hydrogen) atoms. The first-order valence-electron chi connectivity index (χ1n) is 6.12. The maximum atomic E-state index is 11.5. The molecule has 0 unspecified atom stereocenters. The quantitative estimate of drug-likeness (QED) is 0.767. The summed E-state index contributed by atoms with van der Waals surface area (Å²) in [7, 11) is 1.37. The molecule has 2 rings (SSSR count). The zero-order chi connectivity index (χ0) is 13.1. The molecule has 0 N–H and O–H groups in total. The van der Waals surface area contributed by atoms with Crippen molar-refractivity contribution in [2.45, 2.75) is 32.6 Å². The van der Waals surface area contributed by atoms with Crippen LogP contribution in [0.1, 0.15) is 30.0 Å². The predicted molar refractivity (Wildman–Crippen MR) is 65.3 cm³/mol. The second-order valence-corrected chi connectivity index (χ2v) is 4.70. The van der Waals surface area contributed by atoms with E-state index in [4.69, 9.17) is 13.9 Å². The van der Waals surface area contributed by atoms with Crippen molar-refractivity contribution in [1.29, 1.82) is 0 Å². The van der Waals surface area contributed by atoms with Gasteiger partial charge in [-0.25, -0.2) is 4.79 Å². The van der Waals surface area contributed by atoms with Gasteiger partial charge in [-0.3, -0.25) is 4.90 Å². The minimum Gasteiger partial charge on any atom is -0.467 e. The Hall–Kier alpha value is -1.33. The molecule has 0 saturated carbocycles. The molecule has 1 aromatic heterocycles. The highest BCUT2D eigenvalue weighted by molar-refractivity contribution is 5.90. The lowest BCUT2D eigenvalue weighted by Gasteiger charge is -2.34. The van der Waals surface area contributed by atoms with Crippen molar-refractivity contribution in [2.75, 3.05) is 20.2 Å². The van der Waals surface area contributed by atoms with Crippen LogP contribution >= 0.6 is 0 Å². The number of methoxy groups -OCH3 is 1. The summed E-state index contributed by atoms with van der Waals surface area (Å²) >= 11 is 0. The van der Waals surface area contributed by atoms with Gasteiger partial charge in [0.1, 0.15) is 11.3 Å². The first-order chi connectivity index (χ1) is 8.60. The average molecular weight is 253 g/mol. The van der Waals surface area contributed by atoms with Crippen LogP contribution in [-0.2, 0) is 16.0 Å². The molecule has 0 aliphatic carbocycles. The Morgan fingerprint density at radius 2 is 2.11 bits per heavy atom. The number of nitrogens with zero attached hydrogens (tertiary/aromatic N) is 1. The summed E-state index contributed by atoms with van der Waals surface area (Å²) in [6.07, 6.45) is 1.92. The van der Waals surface area contributed by atoms with Gasteiger partial charge in [-0.05, 0) is 19.9 Å². The number of ether oxygens (including phenoxy) is 2. The standard InChI is InChI=1S/C13H19NO4/c1-9-6-14(7-10(2)18-9)8-12-11(4-5-17-12)13(15)16-3/h4-5,9-10H,6-8H2,1-3H3/t9-,10+. The molecular weight excluding hydrogens is 234 g/mol. The Bertz CT molecular complexity index is 405. The van der Waals surface area contributed by atoms with Crippen molar-refractivity contribution in [2.24, 2.45) is 0 Å². The van der Waals surface area contributed by atoms with E-state index >= 15 is 0 Å². The summed E-state index contributed by atoms with van der Waals surface area (Å²) in [5.41, 5.74) is 0.504. The Morgan fingerprint density at radius 1 is 1.44 bits per heavy atom. The molecule has 5 nitrogen and oxygen atoms in total. The molecule has 5 heteroatoms. The molecular formula is C13H19NO4. The first-order valence-corrected chi connectivity index (χ1v) is 6.12. The van der Waals surface area contributed by atoms with Gasteiger partial charge in [0.25, 0.3) is 0 Å². The second-order valence-electron chi connectivity index (χ2n) is 4.70. The van der Waals surface area contributed by atoms with Crippen LogP contribution in [0.3, 0.4) is 0 Å². The van der Waals surface area contributed by atoms with Crippen molar-refractivity contribution in [3.63, 3.8) is 0 Å². The summed E-state index contributed by atoms with van der Waals surface area (Å²) < 4.78 is 15.8. The summed E-state index contributed by atoms with van der Waals surface area (Å²) in [6, 6.07) is 1.65. The van der Waals surface area contributed by atoms with Crippen LogP contribution in [0.25, 0.3) is 0 Å². The third-order valence-electron chi connectivity index (χ3n) is 3.01. The lowest BCUT2D eigenvalue weighted by atomic mass is 10.2. The van der Waals surface area contributed by atoms with Crippen LogP contribution in [0.2, 0.25) is 0 Å². The SMILES string of the molecule is COC(=O)c1ccoc1CN1C[C@@H](C)O[C@@H](C)C1. The van der Waals surface area contributed by atoms with Gasteiger partial charge in [-0.15, -0.1) is 0 Å². The minimum absolute atomic E-state index is 0.199. The van der Waals surface area contributed by atoms with E-state index in [0.717, 1.165) is 13.1 Å². The van der Waals surface area contributed by atoms with Gasteiger partial charge in [0, 0.05) is 13.1 Å². The number of morpholine rings is 1. The number of furan rings is 1. The van der Waals surface area contributed by atoms with Crippen LogP contribution in [0.4, 0.5) is 0 Å². The number of hydrogen-bond acceptors (Lipinski definition) is 5. The molecule has 0 bridgehead atoms. The van der Waals surface area contributed by atoms with Crippen molar-refractivity contribution in [3.8, 4) is 0 Å². The normalized spacial score (nSPS) is 25.1. The van der Waals surface area contributed by atoms with E-state index < -0.39 is 0 Å². The van der Waals surface area contributed by atoms with Crippen molar-refractivity contribution < 1.29 is 18.7 Å². The topological polar surface area (TPSA) is 51.9 Å². The van der Waals surface area contributed by atoms with E-state index in [0.29, 0.717) is 17.9 Å². The van der Waals surface area contributed by atoms with E-state index in [1.807, 2.05) is 13.8 Å². The molecule has 0 aromatic carbocycles. The maximum absolute atomic E-state index is 11.5. The van der Waals surface area contributed by atoms with Crippen LogP contribution in [0.5, 0.6) is 0 Å². The fourth-order valence-corrected chi connectivity index (χ4v) is 2.37. The van der Waals surface area contributed by atoms with Gasteiger partial charge in [0.2, 0.25) is 0 Å². The third-order valence-corrected chi connectivity index (χ3v) is 3.01. The van der Waals surface area contributed by atoms with E-state index in [1.165, 1.54) is 13.4 Å². The fourth-order valence-electron chi connectivity index (χ4n) is 2.37. The van der Waals surface area contributed by atoms with Crippen LogP contribution in [-0.4, -0.2) is 43.3 Å². The van der Waals surface area contributed by atoms with Gasteiger partial charge in [-0.1, -0.05) is 0 Å². The molecule has 0 spiro atoms. The Balaban J connectivity index is 2.05. The minimum atomic E-state index is -0.354. The summed E-state index contributed by atoms with van der Waals surface area (Å²) in [5.74, 6) is 0.302. The third kappa shape index (κ3) is 2.91. The van der Waals surface area contributed by atoms with Gasteiger partial charge < -0.3 is 13.9 Å². The van der Waals surface area contributed by atoms with Crippen LogP contribution < -0.4 is 0 Å². The molecule has 2 atom stereocenters. The number of carbonyl (C=O) groups is 1. The lowest BCUT2D eigenvalue weighted by Crippen LogP contribution is -2.44. The van der Waals surface area contributed by atoms with E-state index in [1.54, 1.807) is 6.07 Å². The molecule has 1 saturated heterocycles. The van der Waals surface area contributed by atoms with Gasteiger partial charge in [-0.2, -0.15) is 0 Å². The van der Waals surface area contributed by atoms with Gasteiger partial charge >= 0.3 is 5.97 Å². The van der Waals surface area contributed by atoms with Gasteiger partial charge in [0.15, 0.2) is 0 Å². The zero-order valence-corrected chi connectivity index (χ0v) is 11.0. The highest BCUT2D eigenvalue weighted by atomic mass is 16.5. The molecule has 1 fully saturated rings. The smallest absolute Gasteiger partial charge is 0.341 e. The Labute approximate surface area is 107 Å². The number of carbonyl (C=O) groups excluding carboxylic acids is 1. The largest absolute Gasteiger partial charge is 0.467 e. The maximum Gasteiger partial charge on any atom is 0.341 e. The Morgan fingerprint density at radius 3 is 2.72 bits per heavy atom. The summed E-state index contributed by atoms with van der Waals surface area (Å²) in [6.45, 7) is 6.38. The first kappa shape index (κ1) is 13.1. The van der Waals surface area contributed by atoms with Crippen molar-refractivity contribution in [3.05, 3.63) is 23.7 Å². The zero-order valence-electron chi connectivity index (χ0n) is 11.0. The molecule has 2 heterocycles. The van der Waals surface area contributed by atoms with Crippen LogP contribution in [0.15, 0.2) is 16.7 Å². The number of rotatable bonds is 3. The highest BCUT2D eigenvalue weighted by Crippen LogP contribution is 2.18.